The number of aromatic hydroxyl groups is 1. The fourth-order valence-corrected chi connectivity index (χ4v) is 1.91. The number of aromatic amines is 1. The number of nitrogens with zero attached hydrogens (tertiary/aromatic N) is 3. The standard InChI is InChI=1S/C14H10N4O5/c19-13-7-17(14(20)16-13)15-6-9-5-12(23-8-9)10-1-3-11(4-2-10)18(21)22/h1-8,19H,(H,16,20). The molecule has 0 aliphatic rings. The van der Waals surface area contributed by atoms with Gasteiger partial charge in [0.1, 0.15) is 12.0 Å². The van der Waals surface area contributed by atoms with Gasteiger partial charge in [-0.3, -0.25) is 15.1 Å². The lowest BCUT2D eigenvalue weighted by Crippen LogP contribution is -2.11. The first-order chi connectivity index (χ1) is 11.0. The van der Waals surface area contributed by atoms with Gasteiger partial charge in [-0.25, -0.2) is 4.79 Å². The van der Waals surface area contributed by atoms with Crippen LogP contribution in [0, 0.1) is 10.1 Å². The van der Waals surface area contributed by atoms with Crippen molar-refractivity contribution in [1.29, 1.82) is 0 Å². The van der Waals surface area contributed by atoms with Crippen LogP contribution in [0.25, 0.3) is 11.3 Å². The van der Waals surface area contributed by atoms with E-state index in [0.717, 1.165) is 10.9 Å². The molecule has 0 amide bonds. The van der Waals surface area contributed by atoms with Gasteiger partial charge in [0, 0.05) is 23.3 Å². The molecule has 0 fully saturated rings. The van der Waals surface area contributed by atoms with Crippen LogP contribution in [0.3, 0.4) is 0 Å². The van der Waals surface area contributed by atoms with Gasteiger partial charge in [0.2, 0.25) is 5.88 Å². The maximum Gasteiger partial charge on any atom is 0.349 e. The number of rotatable bonds is 4. The third kappa shape index (κ3) is 3.02. The summed E-state index contributed by atoms with van der Waals surface area (Å²) in [6.07, 6.45) is 3.95. The molecular weight excluding hydrogens is 304 g/mol. The second-order valence-corrected chi connectivity index (χ2v) is 4.58. The molecule has 0 aliphatic carbocycles. The molecule has 0 bridgehead atoms. The first-order valence-electron chi connectivity index (χ1n) is 6.41. The fraction of sp³-hybridized carbons (Fsp3) is 0. The van der Waals surface area contributed by atoms with Crippen LogP contribution in [0.5, 0.6) is 5.88 Å². The molecule has 0 saturated heterocycles. The Bertz CT molecular complexity index is 933. The Morgan fingerprint density at radius 2 is 2.09 bits per heavy atom. The number of aromatic nitrogens is 2. The summed E-state index contributed by atoms with van der Waals surface area (Å²) < 4.78 is 6.31. The number of benzene rings is 1. The maximum absolute atomic E-state index is 11.3. The van der Waals surface area contributed by atoms with Crippen molar-refractivity contribution in [3.8, 4) is 17.2 Å². The average molecular weight is 314 g/mol. The van der Waals surface area contributed by atoms with Gasteiger partial charge in [-0.05, 0) is 18.2 Å². The number of hydrogen-bond donors (Lipinski definition) is 2. The van der Waals surface area contributed by atoms with E-state index in [0.29, 0.717) is 16.9 Å². The lowest BCUT2D eigenvalue weighted by Gasteiger charge is -1.95. The van der Waals surface area contributed by atoms with E-state index in [1.807, 2.05) is 0 Å². The summed E-state index contributed by atoms with van der Waals surface area (Å²) in [5.74, 6) is 0.219. The van der Waals surface area contributed by atoms with E-state index >= 15 is 0 Å². The van der Waals surface area contributed by atoms with E-state index in [9.17, 15) is 14.9 Å². The van der Waals surface area contributed by atoms with Crippen LogP contribution >= 0.6 is 0 Å². The summed E-state index contributed by atoms with van der Waals surface area (Å²) >= 11 is 0. The van der Waals surface area contributed by atoms with Crippen molar-refractivity contribution in [1.82, 2.24) is 9.66 Å². The van der Waals surface area contributed by atoms with Gasteiger partial charge in [0.25, 0.3) is 5.69 Å². The van der Waals surface area contributed by atoms with Crippen LogP contribution in [-0.2, 0) is 0 Å². The number of non-ortho nitro benzene ring substituents is 1. The first-order valence-corrected chi connectivity index (χ1v) is 6.41. The van der Waals surface area contributed by atoms with Crippen molar-refractivity contribution in [3.05, 3.63) is 69.0 Å². The van der Waals surface area contributed by atoms with Crippen molar-refractivity contribution in [2.45, 2.75) is 0 Å². The summed E-state index contributed by atoms with van der Waals surface area (Å²) in [5.41, 5.74) is 0.684. The predicted octanol–water partition coefficient (Wildman–Crippen LogP) is 1.93. The second kappa shape index (κ2) is 5.64. The quantitative estimate of drug-likeness (QED) is 0.432. The van der Waals surface area contributed by atoms with Gasteiger partial charge in [-0.15, -0.1) is 0 Å². The minimum absolute atomic E-state index is 0.00580. The summed E-state index contributed by atoms with van der Waals surface area (Å²) in [6, 6.07) is 7.59. The first kappa shape index (κ1) is 14.3. The Morgan fingerprint density at radius 3 is 2.70 bits per heavy atom. The molecule has 9 heteroatoms. The Hall–Kier alpha value is -3.62. The van der Waals surface area contributed by atoms with Crippen LogP contribution in [0.15, 0.2) is 57.1 Å². The third-order valence-corrected chi connectivity index (χ3v) is 3.00. The van der Waals surface area contributed by atoms with E-state index < -0.39 is 10.6 Å². The van der Waals surface area contributed by atoms with Gasteiger partial charge in [-0.2, -0.15) is 9.78 Å². The van der Waals surface area contributed by atoms with Crippen molar-refractivity contribution >= 4 is 11.9 Å². The molecular formula is C14H10N4O5. The van der Waals surface area contributed by atoms with E-state index in [4.69, 9.17) is 9.52 Å². The normalized spacial score (nSPS) is 11.1. The van der Waals surface area contributed by atoms with E-state index in [1.165, 1.54) is 24.6 Å². The van der Waals surface area contributed by atoms with Crippen LogP contribution in [0.1, 0.15) is 5.56 Å². The summed E-state index contributed by atoms with van der Waals surface area (Å²) in [7, 11) is 0. The van der Waals surface area contributed by atoms with Gasteiger partial charge in [-0.1, -0.05) is 0 Å². The topological polar surface area (TPSA) is 127 Å². The molecule has 3 rings (SSSR count). The minimum Gasteiger partial charge on any atom is -0.493 e. The Labute approximate surface area is 128 Å². The molecule has 0 atom stereocenters. The van der Waals surface area contributed by atoms with Crippen LogP contribution < -0.4 is 5.69 Å². The number of nitro groups is 1. The lowest BCUT2D eigenvalue weighted by molar-refractivity contribution is -0.384. The Morgan fingerprint density at radius 1 is 1.35 bits per heavy atom. The summed E-state index contributed by atoms with van der Waals surface area (Å²) in [5, 5.41) is 23.6. The number of imidazole rings is 1. The van der Waals surface area contributed by atoms with Crippen molar-refractivity contribution < 1.29 is 14.4 Å². The molecule has 3 aromatic rings. The Balaban J connectivity index is 1.81. The molecule has 0 radical (unpaired) electrons. The average Bonchev–Trinajstić information content (AvgIpc) is 3.11. The third-order valence-electron chi connectivity index (χ3n) is 3.00. The predicted molar refractivity (Wildman–Crippen MR) is 80.5 cm³/mol. The molecule has 9 nitrogen and oxygen atoms in total. The van der Waals surface area contributed by atoms with Gasteiger partial charge in [0.15, 0.2) is 0 Å². The second-order valence-electron chi connectivity index (χ2n) is 4.58. The van der Waals surface area contributed by atoms with Crippen molar-refractivity contribution in [2.24, 2.45) is 5.10 Å². The molecule has 0 saturated carbocycles. The zero-order valence-electron chi connectivity index (χ0n) is 11.5. The number of nitro benzene ring substituents is 1. The molecule has 0 aliphatic heterocycles. The fourth-order valence-electron chi connectivity index (χ4n) is 1.91. The van der Waals surface area contributed by atoms with E-state index in [1.54, 1.807) is 18.2 Å². The molecule has 2 heterocycles. The smallest absolute Gasteiger partial charge is 0.349 e. The molecule has 2 N–H and O–H groups in total. The largest absolute Gasteiger partial charge is 0.493 e. The highest BCUT2D eigenvalue weighted by molar-refractivity contribution is 5.81. The lowest BCUT2D eigenvalue weighted by atomic mass is 10.1. The van der Waals surface area contributed by atoms with Gasteiger partial charge >= 0.3 is 5.69 Å². The number of nitrogens with one attached hydrogen (secondary N) is 1. The minimum atomic E-state index is -0.571. The van der Waals surface area contributed by atoms with Crippen LogP contribution in [-0.4, -0.2) is 25.9 Å². The number of H-pyrrole nitrogens is 1. The van der Waals surface area contributed by atoms with E-state index in [-0.39, 0.29) is 11.6 Å². The number of hydrogen-bond acceptors (Lipinski definition) is 6. The molecule has 2 aromatic heterocycles. The van der Waals surface area contributed by atoms with Crippen LogP contribution in [0.4, 0.5) is 5.69 Å². The molecule has 0 unspecified atom stereocenters. The number of furan rings is 1. The molecule has 0 spiro atoms. The highest BCUT2D eigenvalue weighted by atomic mass is 16.6. The zero-order valence-corrected chi connectivity index (χ0v) is 11.5. The van der Waals surface area contributed by atoms with Crippen molar-refractivity contribution in [2.75, 3.05) is 0 Å². The molecule has 116 valence electrons. The monoisotopic (exact) mass is 314 g/mol. The van der Waals surface area contributed by atoms with Gasteiger partial charge < -0.3 is 9.52 Å². The highest BCUT2D eigenvalue weighted by Gasteiger charge is 2.08. The maximum atomic E-state index is 11.3. The Kier molecular flexibility index (Phi) is 3.51. The van der Waals surface area contributed by atoms with Gasteiger partial charge in [0.05, 0.1) is 17.3 Å². The molecule has 23 heavy (non-hydrogen) atoms. The molecule has 1 aromatic carbocycles. The van der Waals surface area contributed by atoms with Crippen LogP contribution in [0.2, 0.25) is 0 Å². The summed E-state index contributed by atoms with van der Waals surface area (Å²) in [4.78, 5) is 23.6. The van der Waals surface area contributed by atoms with Crippen molar-refractivity contribution in [3.63, 3.8) is 0 Å². The summed E-state index contributed by atoms with van der Waals surface area (Å²) in [6.45, 7) is 0. The van der Waals surface area contributed by atoms with E-state index in [2.05, 4.69) is 10.1 Å². The SMILES string of the molecule is O=c1[nH]c(O)cn1N=Cc1coc(-c2ccc([N+](=O)[O-])cc2)c1. The zero-order chi connectivity index (χ0) is 16.4. The highest BCUT2D eigenvalue weighted by Crippen LogP contribution is 2.24.